The summed E-state index contributed by atoms with van der Waals surface area (Å²) in [6.45, 7) is 2.94. The number of hydrogen-bond donors (Lipinski definition) is 0. The average Bonchev–Trinajstić information content (AvgIpc) is 3.04. The fraction of sp³-hybridized carbons (Fsp3) is 0.300. The molecule has 1 aliphatic rings. The van der Waals surface area contributed by atoms with Crippen molar-refractivity contribution in [3.8, 4) is 11.4 Å². The molecule has 2 heterocycles. The van der Waals surface area contributed by atoms with Crippen molar-refractivity contribution in [1.82, 2.24) is 19.7 Å². The first kappa shape index (κ1) is 16.9. The SMILES string of the molecule is Cn1c(CN2CCO[C@H](c3ccc(F)cc3)C2)nnc1-c1ccccc1. The van der Waals surface area contributed by atoms with Crippen LogP contribution >= 0.6 is 0 Å². The van der Waals surface area contributed by atoms with Gasteiger partial charge in [0.05, 0.1) is 19.3 Å². The van der Waals surface area contributed by atoms with Gasteiger partial charge in [-0.15, -0.1) is 10.2 Å². The van der Waals surface area contributed by atoms with Crippen LogP contribution in [0.15, 0.2) is 54.6 Å². The highest BCUT2D eigenvalue weighted by Crippen LogP contribution is 2.24. The van der Waals surface area contributed by atoms with E-state index >= 15 is 0 Å². The van der Waals surface area contributed by atoms with Gasteiger partial charge < -0.3 is 9.30 Å². The van der Waals surface area contributed by atoms with Crippen molar-refractivity contribution >= 4 is 0 Å². The molecule has 1 saturated heterocycles. The van der Waals surface area contributed by atoms with Crippen molar-refractivity contribution in [1.29, 1.82) is 0 Å². The van der Waals surface area contributed by atoms with Crippen molar-refractivity contribution in [3.63, 3.8) is 0 Å². The van der Waals surface area contributed by atoms with Gasteiger partial charge in [0, 0.05) is 25.7 Å². The molecule has 0 saturated carbocycles. The standard InChI is InChI=1S/C20H21FN4O/c1-24-19(22-23-20(24)16-5-3-2-4-6-16)14-25-11-12-26-18(13-25)15-7-9-17(21)10-8-15/h2-10,18H,11-14H2,1H3/t18-/m0/s1. The summed E-state index contributed by atoms with van der Waals surface area (Å²) in [5, 5.41) is 8.73. The molecule has 3 aromatic rings. The topological polar surface area (TPSA) is 43.2 Å². The normalized spacial score (nSPS) is 18.2. The number of halogens is 1. The zero-order valence-corrected chi connectivity index (χ0v) is 14.7. The van der Waals surface area contributed by atoms with Crippen molar-refractivity contribution in [2.24, 2.45) is 7.05 Å². The van der Waals surface area contributed by atoms with Crippen LogP contribution in [-0.4, -0.2) is 39.4 Å². The molecular formula is C20H21FN4O. The molecule has 0 unspecified atom stereocenters. The summed E-state index contributed by atoms with van der Waals surface area (Å²) in [6.07, 6.45) is -0.0498. The first-order chi connectivity index (χ1) is 12.7. The summed E-state index contributed by atoms with van der Waals surface area (Å²) < 4.78 is 21.0. The summed E-state index contributed by atoms with van der Waals surface area (Å²) in [4.78, 5) is 2.30. The molecule has 0 radical (unpaired) electrons. The number of nitrogens with zero attached hydrogens (tertiary/aromatic N) is 4. The van der Waals surface area contributed by atoms with Crippen LogP contribution < -0.4 is 0 Å². The Bertz CT molecular complexity index is 863. The second-order valence-electron chi connectivity index (χ2n) is 6.51. The van der Waals surface area contributed by atoms with Crippen LogP contribution in [0.25, 0.3) is 11.4 Å². The first-order valence-corrected chi connectivity index (χ1v) is 8.74. The minimum atomic E-state index is -0.228. The quantitative estimate of drug-likeness (QED) is 0.723. The van der Waals surface area contributed by atoms with Gasteiger partial charge in [-0.1, -0.05) is 42.5 Å². The Morgan fingerprint density at radius 1 is 1.08 bits per heavy atom. The van der Waals surface area contributed by atoms with Gasteiger partial charge >= 0.3 is 0 Å². The van der Waals surface area contributed by atoms with E-state index < -0.39 is 0 Å². The monoisotopic (exact) mass is 352 g/mol. The highest BCUT2D eigenvalue weighted by molar-refractivity contribution is 5.54. The lowest BCUT2D eigenvalue weighted by Gasteiger charge is -2.32. The average molecular weight is 352 g/mol. The number of morpholine rings is 1. The fourth-order valence-corrected chi connectivity index (χ4v) is 3.26. The third kappa shape index (κ3) is 3.52. The largest absolute Gasteiger partial charge is 0.371 e. The van der Waals surface area contributed by atoms with E-state index in [1.807, 2.05) is 41.9 Å². The summed E-state index contributed by atoms with van der Waals surface area (Å²) in [5.74, 6) is 1.56. The van der Waals surface area contributed by atoms with E-state index in [1.54, 1.807) is 12.1 Å². The Labute approximate surface area is 152 Å². The first-order valence-electron chi connectivity index (χ1n) is 8.74. The molecule has 1 atom stereocenters. The van der Waals surface area contributed by atoms with Crippen LogP contribution in [0.1, 0.15) is 17.5 Å². The summed E-state index contributed by atoms with van der Waals surface area (Å²) >= 11 is 0. The van der Waals surface area contributed by atoms with E-state index in [9.17, 15) is 4.39 Å². The van der Waals surface area contributed by atoms with Crippen LogP contribution in [0.3, 0.4) is 0 Å². The Kier molecular flexibility index (Phi) is 4.77. The van der Waals surface area contributed by atoms with E-state index in [4.69, 9.17) is 4.74 Å². The Morgan fingerprint density at radius 2 is 1.85 bits per heavy atom. The van der Waals surface area contributed by atoms with E-state index in [1.165, 1.54) is 12.1 Å². The van der Waals surface area contributed by atoms with E-state index in [2.05, 4.69) is 15.1 Å². The number of benzene rings is 2. The molecule has 1 fully saturated rings. The highest BCUT2D eigenvalue weighted by atomic mass is 19.1. The minimum absolute atomic E-state index is 0.0498. The second kappa shape index (κ2) is 7.35. The summed E-state index contributed by atoms with van der Waals surface area (Å²) in [7, 11) is 2.00. The summed E-state index contributed by atoms with van der Waals surface area (Å²) in [5.41, 5.74) is 2.05. The predicted octanol–water partition coefficient (Wildman–Crippen LogP) is 3.19. The zero-order valence-electron chi connectivity index (χ0n) is 14.7. The molecule has 1 aromatic heterocycles. The van der Waals surface area contributed by atoms with Crippen molar-refractivity contribution in [3.05, 3.63) is 71.8 Å². The van der Waals surface area contributed by atoms with Crippen LogP contribution in [0.5, 0.6) is 0 Å². The molecule has 0 spiro atoms. The highest BCUT2D eigenvalue weighted by Gasteiger charge is 2.23. The van der Waals surface area contributed by atoms with Gasteiger partial charge in [-0.25, -0.2) is 4.39 Å². The van der Waals surface area contributed by atoms with Gasteiger partial charge in [0.1, 0.15) is 11.6 Å². The second-order valence-corrected chi connectivity index (χ2v) is 6.51. The van der Waals surface area contributed by atoms with E-state index in [0.29, 0.717) is 13.2 Å². The minimum Gasteiger partial charge on any atom is -0.371 e. The van der Waals surface area contributed by atoms with Crippen LogP contribution in [0.4, 0.5) is 4.39 Å². The molecule has 1 aliphatic heterocycles. The van der Waals surface area contributed by atoms with Crippen LogP contribution in [-0.2, 0) is 18.3 Å². The fourth-order valence-electron chi connectivity index (χ4n) is 3.26. The number of ether oxygens (including phenoxy) is 1. The van der Waals surface area contributed by atoms with Crippen molar-refractivity contribution < 1.29 is 9.13 Å². The molecule has 26 heavy (non-hydrogen) atoms. The predicted molar refractivity (Wildman–Crippen MR) is 96.8 cm³/mol. The maximum atomic E-state index is 13.1. The van der Waals surface area contributed by atoms with Gasteiger partial charge in [0.15, 0.2) is 5.82 Å². The molecule has 6 heteroatoms. The Hall–Kier alpha value is -2.57. The Morgan fingerprint density at radius 3 is 2.62 bits per heavy atom. The van der Waals surface area contributed by atoms with Crippen molar-refractivity contribution in [2.45, 2.75) is 12.6 Å². The van der Waals surface area contributed by atoms with Crippen LogP contribution in [0, 0.1) is 5.82 Å². The van der Waals surface area contributed by atoms with Crippen LogP contribution in [0.2, 0.25) is 0 Å². The summed E-state index contributed by atoms with van der Waals surface area (Å²) in [6, 6.07) is 16.6. The lowest BCUT2D eigenvalue weighted by atomic mass is 10.1. The molecule has 0 bridgehead atoms. The van der Waals surface area contributed by atoms with Crippen molar-refractivity contribution in [2.75, 3.05) is 19.7 Å². The Balaban J connectivity index is 1.47. The van der Waals surface area contributed by atoms with Gasteiger partial charge in [-0.2, -0.15) is 0 Å². The maximum Gasteiger partial charge on any atom is 0.163 e. The van der Waals surface area contributed by atoms with Gasteiger partial charge in [0.25, 0.3) is 0 Å². The molecule has 4 rings (SSSR count). The zero-order chi connectivity index (χ0) is 17.9. The van der Waals surface area contributed by atoms with E-state index in [0.717, 1.165) is 35.9 Å². The van der Waals surface area contributed by atoms with Gasteiger partial charge in [-0.3, -0.25) is 4.90 Å². The number of rotatable bonds is 4. The van der Waals surface area contributed by atoms with Gasteiger partial charge in [0.2, 0.25) is 0 Å². The molecular weight excluding hydrogens is 331 g/mol. The van der Waals surface area contributed by atoms with E-state index in [-0.39, 0.29) is 11.9 Å². The molecule has 134 valence electrons. The molecule has 2 aromatic carbocycles. The maximum absolute atomic E-state index is 13.1. The molecule has 0 amide bonds. The lowest BCUT2D eigenvalue weighted by Crippen LogP contribution is -2.38. The smallest absolute Gasteiger partial charge is 0.163 e. The lowest BCUT2D eigenvalue weighted by molar-refractivity contribution is -0.0339. The third-order valence-corrected chi connectivity index (χ3v) is 4.75. The number of hydrogen-bond acceptors (Lipinski definition) is 4. The van der Waals surface area contributed by atoms with Gasteiger partial charge in [-0.05, 0) is 17.7 Å². The third-order valence-electron chi connectivity index (χ3n) is 4.75. The molecule has 0 N–H and O–H groups in total. The molecule has 0 aliphatic carbocycles. The molecule has 5 nitrogen and oxygen atoms in total. The number of aromatic nitrogens is 3.